The molecular weight excluding hydrogens is 260 g/mol. The molecule has 0 bridgehead atoms. The van der Waals surface area contributed by atoms with Crippen LogP contribution < -0.4 is 11.1 Å². The molecule has 1 aliphatic carbocycles. The highest BCUT2D eigenvalue weighted by atomic mass is 15.1. The van der Waals surface area contributed by atoms with E-state index in [-0.39, 0.29) is 5.41 Å². The summed E-state index contributed by atoms with van der Waals surface area (Å²) in [4.78, 5) is 9.07. The first kappa shape index (κ1) is 16.1. The molecule has 1 fully saturated rings. The monoisotopic (exact) mass is 290 g/mol. The van der Waals surface area contributed by atoms with Gasteiger partial charge in [-0.15, -0.1) is 0 Å². The van der Waals surface area contributed by atoms with E-state index >= 15 is 0 Å². The average Bonchev–Trinajstić information content (AvgIpc) is 2.37. The number of nitrogens with two attached hydrogens (primary N) is 1. The van der Waals surface area contributed by atoms with Crippen LogP contribution in [0.15, 0.2) is 6.07 Å². The van der Waals surface area contributed by atoms with Gasteiger partial charge in [0.1, 0.15) is 17.5 Å². The molecule has 0 aliphatic heterocycles. The van der Waals surface area contributed by atoms with E-state index in [1.54, 1.807) is 0 Å². The SMILES string of the molecule is CC(C)C1CCCCC1Nc1cc(N)nc(C(C)(C)C)n1. The second kappa shape index (κ2) is 6.20. The lowest BCUT2D eigenvalue weighted by atomic mass is 9.78. The zero-order valence-electron chi connectivity index (χ0n) is 14.1. The van der Waals surface area contributed by atoms with Crippen LogP contribution in [0.1, 0.15) is 66.1 Å². The summed E-state index contributed by atoms with van der Waals surface area (Å²) in [5.41, 5.74) is 5.88. The Balaban J connectivity index is 2.20. The van der Waals surface area contributed by atoms with Crippen molar-refractivity contribution in [3.05, 3.63) is 11.9 Å². The van der Waals surface area contributed by atoms with Gasteiger partial charge in [-0.2, -0.15) is 0 Å². The molecule has 118 valence electrons. The molecule has 0 saturated heterocycles. The molecule has 2 rings (SSSR count). The van der Waals surface area contributed by atoms with Crippen molar-refractivity contribution in [2.45, 2.75) is 71.8 Å². The summed E-state index contributed by atoms with van der Waals surface area (Å²) in [7, 11) is 0. The predicted molar refractivity (Wildman–Crippen MR) is 89.4 cm³/mol. The van der Waals surface area contributed by atoms with Crippen LogP contribution in [0, 0.1) is 11.8 Å². The van der Waals surface area contributed by atoms with Crippen LogP contribution in [0.3, 0.4) is 0 Å². The third-order valence-electron chi connectivity index (χ3n) is 4.43. The molecule has 1 aromatic heterocycles. The van der Waals surface area contributed by atoms with Gasteiger partial charge in [-0.05, 0) is 24.7 Å². The molecule has 0 amide bonds. The van der Waals surface area contributed by atoms with E-state index in [1.165, 1.54) is 25.7 Å². The van der Waals surface area contributed by atoms with E-state index in [1.807, 2.05) is 6.07 Å². The molecule has 1 heterocycles. The smallest absolute Gasteiger partial charge is 0.138 e. The summed E-state index contributed by atoms with van der Waals surface area (Å²) in [6, 6.07) is 2.36. The van der Waals surface area contributed by atoms with Crippen LogP contribution in [0.25, 0.3) is 0 Å². The van der Waals surface area contributed by atoms with Crippen molar-refractivity contribution in [2.75, 3.05) is 11.1 Å². The zero-order valence-corrected chi connectivity index (χ0v) is 14.1. The molecule has 3 N–H and O–H groups in total. The van der Waals surface area contributed by atoms with Crippen LogP contribution in [0.4, 0.5) is 11.6 Å². The van der Waals surface area contributed by atoms with Crippen LogP contribution in [-0.4, -0.2) is 16.0 Å². The van der Waals surface area contributed by atoms with E-state index in [4.69, 9.17) is 10.7 Å². The zero-order chi connectivity index (χ0) is 15.6. The molecule has 4 nitrogen and oxygen atoms in total. The van der Waals surface area contributed by atoms with E-state index < -0.39 is 0 Å². The van der Waals surface area contributed by atoms with E-state index in [0.29, 0.717) is 23.7 Å². The number of nitrogens with one attached hydrogen (secondary N) is 1. The number of rotatable bonds is 3. The average molecular weight is 290 g/mol. The number of anilines is 2. The number of aromatic nitrogens is 2. The van der Waals surface area contributed by atoms with Crippen molar-refractivity contribution in [3.63, 3.8) is 0 Å². The fraction of sp³-hybridized carbons (Fsp3) is 0.765. The molecule has 0 spiro atoms. The number of nitrogen functional groups attached to an aromatic ring is 1. The lowest BCUT2D eigenvalue weighted by Gasteiger charge is -2.35. The topological polar surface area (TPSA) is 63.8 Å². The minimum Gasteiger partial charge on any atom is -0.384 e. The van der Waals surface area contributed by atoms with Gasteiger partial charge >= 0.3 is 0 Å². The predicted octanol–water partition coefficient (Wildman–Crippen LogP) is 3.98. The summed E-state index contributed by atoms with van der Waals surface area (Å²) in [5, 5.41) is 3.63. The second-order valence-corrected chi connectivity index (χ2v) is 7.69. The van der Waals surface area contributed by atoms with Gasteiger partial charge in [0.2, 0.25) is 0 Å². The van der Waals surface area contributed by atoms with Crippen LogP contribution in [0.2, 0.25) is 0 Å². The molecule has 2 unspecified atom stereocenters. The summed E-state index contributed by atoms with van der Waals surface area (Å²) in [5.74, 6) is 3.65. The van der Waals surface area contributed by atoms with E-state index in [0.717, 1.165) is 11.6 Å². The maximum atomic E-state index is 5.96. The van der Waals surface area contributed by atoms with Gasteiger partial charge in [-0.1, -0.05) is 47.5 Å². The van der Waals surface area contributed by atoms with Crippen molar-refractivity contribution in [1.82, 2.24) is 9.97 Å². The first-order valence-corrected chi connectivity index (χ1v) is 8.19. The van der Waals surface area contributed by atoms with Gasteiger partial charge in [0.05, 0.1) is 0 Å². The molecule has 1 aliphatic rings. The Hall–Kier alpha value is -1.32. The van der Waals surface area contributed by atoms with Crippen molar-refractivity contribution in [1.29, 1.82) is 0 Å². The Morgan fingerprint density at radius 2 is 1.86 bits per heavy atom. The van der Waals surface area contributed by atoms with Gasteiger partial charge in [0.15, 0.2) is 0 Å². The first-order chi connectivity index (χ1) is 9.77. The molecule has 1 saturated carbocycles. The quantitative estimate of drug-likeness (QED) is 0.883. The molecule has 21 heavy (non-hydrogen) atoms. The lowest BCUT2D eigenvalue weighted by Crippen LogP contribution is -2.35. The number of nitrogens with zero attached hydrogens (tertiary/aromatic N) is 2. The van der Waals surface area contributed by atoms with Gasteiger partial charge < -0.3 is 11.1 Å². The fourth-order valence-corrected chi connectivity index (χ4v) is 3.20. The number of hydrogen-bond donors (Lipinski definition) is 2. The third kappa shape index (κ3) is 4.08. The van der Waals surface area contributed by atoms with Crippen LogP contribution >= 0.6 is 0 Å². The standard InChI is InChI=1S/C17H30N4/c1-11(2)12-8-6-7-9-13(12)19-15-10-14(18)20-16(21-15)17(3,4)5/h10-13H,6-9H2,1-5H3,(H3,18,19,20,21). The van der Waals surface area contributed by atoms with Crippen LogP contribution in [0.5, 0.6) is 0 Å². The Morgan fingerprint density at radius 1 is 1.19 bits per heavy atom. The highest BCUT2D eigenvalue weighted by Gasteiger charge is 2.28. The minimum absolute atomic E-state index is 0.0875. The van der Waals surface area contributed by atoms with Gasteiger partial charge in [-0.25, -0.2) is 9.97 Å². The van der Waals surface area contributed by atoms with Crippen molar-refractivity contribution in [2.24, 2.45) is 11.8 Å². The maximum Gasteiger partial charge on any atom is 0.138 e. The lowest BCUT2D eigenvalue weighted by molar-refractivity contribution is 0.253. The van der Waals surface area contributed by atoms with Gasteiger partial charge in [0.25, 0.3) is 0 Å². The summed E-state index contributed by atoms with van der Waals surface area (Å²) >= 11 is 0. The number of hydrogen-bond acceptors (Lipinski definition) is 4. The molecule has 4 heteroatoms. The third-order valence-corrected chi connectivity index (χ3v) is 4.43. The second-order valence-electron chi connectivity index (χ2n) is 7.69. The summed E-state index contributed by atoms with van der Waals surface area (Å²) in [6.07, 6.45) is 5.17. The fourth-order valence-electron chi connectivity index (χ4n) is 3.20. The van der Waals surface area contributed by atoms with Gasteiger partial charge in [-0.3, -0.25) is 0 Å². The summed E-state index contributed by atoms with van der Waals surface area (Å²) < 4.78 is 0. The summed E-state index contributed by atoms with van der Waals surface area (Å²) in [6.45, 7) is 11.0. The molecule has 1 aromatic rings. The van der Waals surface area contributed by atoms with Crippen molar-refractivity contribution in [3.8, 4) is 0 Å². The van der Waals surface area contributed by atoms with Crippen molar-refractivity contribution >= 4 is 11.6 Å². The maximum absolute atomic E-state index is 5.96. The Morgan fingerprint density at radius 3 is 2.48 bits per heavy atom. The highest BCUT2D eigenvalue weighted by molar-refractivity contribution is 5.46. The normalized spacial score (nSPS) is 23.3. The molecule has 0 radical (unpaired) electrons. The molecule has 2 atom stereocenters. The Bertz CT molecular complexity index is 476. The van der Waals surface area contributed by atoms with E-state index in [2.05, 4.69) is 44.9 Å². The largest absolute Gasteiger partial charge is 0.384 e. The Labute approximate surface area is 128 Å². The van der Waals surface area contributed by atoms with Crippen molar-refractivity contribution < 1.29 is 0 Å². The van der Waals surface area contributed by atoms with E-state index in [9.17, 15) is 0 Å². The molecular formula is C17H30N4. The minimum atomic E-state index is -0.0875. The first-order valence-electron chi connectivity index (χ1n) is 8.19. The van der Waals surface area contributed by atoms with Crippen LogP contribution in [-0.2, 0) is 5.41 Å². The van der Waals surface area contributed by atoms with Gasteiger partial charge in [0, 0.05) is 17.5 Å². The highest BCUT2D eigenvalue weighted by Crippen LogP contribution is 2.32. The Kier molecular flexibility index (Phi) is 4.74. The molecule has 0 aromatic carbocycles.